The summed E-state index contributed by atoms with van der Waals surface area (Å²) in [5.74, 6) is -0.257. The number of nitrogens with zero attached hydrogens (tertiary/aromatic N) is 4. The molecule has 28 heavy (non-hydrogen) atoms. The van der Waals surface area contributed by atoms with E-state index in [0.29, 0.717) is 19.6 Å². The Morgan fingerprint density at radius 1 is 1.29 bits per heavy atom. The summed E-state index contributed by atoms with van der Waals surface area (Å²) < 4.78 is 0. The molecule has 1 N–H and O–H groups in total. The molecule has 2 aliphatic rings. The average Bonchev–Trinajstić information content (AvgIpc) is 3.16. The molecule has 0 aromatic carbocycles. The van der Waals surface area contributed by atoms with Crippen molar-refractivity contribution in [3.8, 4) is 0 Å². The minimum Gasteiger partial charge on any atom is -0.339 e. The highest BCUT2D eigenvalue weighted by Gasteiger charge is 2.36. The highest BCUT2D eigenvalue weighted by molar-refractivity contribution is 5.89. The summed E-state index contributed by atoms with van der Waals surface area (Å²) in [7, 11) is 1.81. The number of hydrogen-bond acceptors (Lipinski definition) is 4. The Balaban J connectivity index is 1.38. The molecule has 2 aromatic rings. The molecule has 2 amide bonds. The molecule has 0 bridgehead atoms. The van der Waals surface area contributed by atoms with Crippen LogP contribution in [-0.2, 0) is 35.5 Å². The number of carbonyl (C=O) groups excluding carboxylic acids is 2. The zero-order valence-electron chi connectivity index (χ0n) is 16.4. The van der Waals surface area contributed by atoms with E-state index >= 15 is 0 Å². The van der Waals surface area contributed by atoms with Gasteiger partial charge in [0.1, 0.15) is 0 Å². The van der Waals surface area contributed by atoms with Crippen molar-refractivity contribution >= 4 is 11.8 Å². The van der Waals surface area contributed by atoms with E-state index in [9.17, 15) is 9.59 Å². The Hall–Kier alpha value is -2.70. The van der Waals surface area contributed by atoms with Crippen molar-refractivity contribution < 1.29 is 9.59 Å². The summed E-state index contributed by atoms with van der Waals surface area (Å²) in [6.45, 7) is 1.41. The Bertz CT molecular complexity index is 848. The molecular weight excluding hydrogens is 354 g/mol. The van der Waals surface area contributed by atoms with Crippen molar-refractivity contribution in [2.75, 3.05) is 13.6 Å². The number of aryl methyl sites for hydroxylation is 1. The van der Waals surface area contributed by atoms with Crippen LogP contribution in [0.1, 0.15) is 48.3 Å². The zero-order valence-corrected chi connectivity index (χ0v) is 16.4. The highest BCUT2D eigenvalue weighted by Crippen LogP contribution is 2.25. The van der Waals surface area contributed by atoms with Gasteiger partial charge >= 0.3 is 0 Å². The average molecular weight is 381 g/mol. The monoisotopic (exact) mass is 381 g/mol. The van der Waals surface area contributed by atoms with Crippen molar-refractivity contribution in [2.45, 2.75) is 51.6 Å². The van der Waals surface area contributed by atoms with Crippen molar-refractivity contribution in [3.63, 3.8) is 0 Å². The van der Waals surface area contributed by atoms with Crippen LogP contribution in [0.15, 0.2) is 24.4 Å². The van der Waals surface area contributed by atoms with Gasteiger partial charge in [0.15, 0.2) is 0 Å². The molecule has 2 aromatic heterocycles. The third-order valence-electron chi connectivity index (χ3n) is 5.80. The molecule has 7 heteroatoms. The van der Waals surface area contributed by atoms with E-state index in [1.54, 1.807) is 16.0 Å². The molecule has 0 saturated carbocycles. The van der Waals surface area contributed by atoms with E-state index in [1.807, 2.05) is 25.2 Å². The Labute approximate surface area is 165 Å². The quantitative estimate of drug-likeness (QED) is 0.804. The Kier molecular flexibility index (Phi) is 5.41. The first-order valence-electron chi connectivity index (χ1n) is 10.1. The van der Waals surface area contributed by atoms with Crippen molar-refractivity contribution in [1.29, 1.82) is 0 Å². The fourth-order valence-corrected chi connectivity index (χ4v) is 4.25. The first kappa shape index (κ1) is 18.7. The van der Waals surface area contributed by atoms with Crippen LogP contribution in [-0.4, -0.2) is 50.4 Å². The van der Waals surface area contributed by atoms with Gasteiger partial charge in [-0.05, 0) is 43.4 Å². The van der Waals surface area contributed by atoms with Gasteiger partial charge in [0.25, 0.3) is 0 Å². The number of fused-ring (bicyclic) bond motifs is 1. The van der Waals surface area contributed by atoms with E-state index in [1.165, 1.54) is 30.5 Å². The van der Waals surface area contributed by atoms with Crippen molar-refractivity contribution in [2.24, 2.45) is 5.92 Å². The second kappa shape index (κ2) is 8.12. The third kappa shape index (κ3) is 3.93. The van der Waals surface area contributed by atoms with Crippen LogP contribution in [0.4, 0.5) is 0 Å². The lowest BCUT2D eigenvalue weighted by atomic mass is 10.1. The molecule has 1 aliphatic heterocycles. The summed E-state index contributed by atoms with van der Waals surface area (Å²) >= 11 is 0. The second-order valence-corrected chi connectivity index (χ2v) is 7.88. The minimum absolute atomic E-state index is 0.0160. The molecule has 0 spiro atoms. The third-order valence-corrected chi connectivity index (χ3v) is 5.80. The van der Waals surface area contributed by atoms with Gasteiger partial charge in [-0.25, -0.2) is 0 Å². The van der Waals surface area contributed by atoms with Crippen molar-refractivity contribution in [1.82, 2.24) is 25.0 Å². The van der Waals surface area contributed by atoms with E-state index < -0.39 is 0 Å². The second-order valence-electron chi connectivity index (χ2n) is 7.88. The van der Waals surface area contributed by atoms with Crippen LogP contribution in [0, 0.1) is 5.92 Å². The number of amides is 2. The summed E-state index contributed by atoms with van der Waals surface area (Å²) in [5.41, 5.74) is 4.33. The van der Waals surface area contributed by atoms with Crippen LogP contribution in [0.5, 0.6) is 0 Å². The fraction of sp³-hybridized carbons (Fsp3) is 0.524. The number of H-pyrrole nitrogens is 1. The van der Waals surface area contributed by atoms with Crippen LogP contribution in [0.25, 0.3) is 0 Å². The topological polar surface area (TPSA) is 82.2 Å². The maximum Gasteiger partial charge on any atom is 0.228 e. The largest absolute Gasteiger partial charge is 0.339 e. The summed E-state index contributed by atoms with van der Waals surface area (Å²) in [6.07, 6.45) is 7.68. The number of rotatable bonds is 5. The Morgan fingerprint density at radius 2 is 2.14 bits per heavy atom. The molecule has 0 unspecified atom stereocenters. The standard InChI is InChI=1S/C21H27N5O2/c1-25(14-19-17-8-3-2-4-9-18(17)23-24-19)21(28)15-11-20(27)26(12-15)13-16-7-5-6-10-22-16/h5-7,10,15H,2-4,8-9,11-14H2,1H3,(H,23,24)/t15-/m0/s1. The lowest BCUT2D eigenvalue weighted by molar-refractivity contribution is -0.135. The summed E-state index contributed by atoms with van der Waals surface area (Å²) in [6, 6.07) is 5.66. The predicted octanol–water partition coefficient (Wildman–Crippen LogP) is 2.08. The first-order chi connectivity index (χ1) is 13.6. The maximum absolute atomic E-state index is 12.9. The van der Waals surface area contributed by atoms with Crippen LogP contribution in [0.2, 0.25) is 0 Å². The van der Waals surface area contributed by atoms with Gasteiger partial charge in [-0.15, -0.1) is 0 Å². The van der Waals surface area contributed by atoms with Gasteiger partial charge in [0.2, 0.25) is 11.8 Å². The minimum atomic E-state index is -0.293. The molecule has 3 heterocycles. The van der Waals surface area contributed by atoms with Crippen molar-refractivity contribution in [3.05, 3.63) is 47.0 Å². The van der Waals surface area contributed by atoms with Crippen LogP contribution < -0.4 is 0 Å². The first-order valence-corrected chi connectivity index (χ1v) is 10.1. The number of pyridine rings is 1. The summed E-state index contributed by atoms with van der Waals surface area (Å²) in [4.78, 5) is 33.1. The summed E-state index contributed by atoms with van der Waals surface area (Å²) in [5, 5.41) is 7.63. The number of carbonyl (C=O) groups is 2. The highest BCUT2D eigenvalue weighted by atomic mass is 16.2. The van der Waals surface area contributed by atoms with Crippen LogP contribution >= 0.6 is 0 Å². The molecule has 1 aliphatic carbocycles. The maximum atomic E-state index is 12.9. The van der Waals surface area contributed by atoms with E-state index in [-0.39, 0.29) is 24.2 Å². The van der Waals surface area contributed by atoms with Gasteiger partial charge in [-0.1, -0.05) is 12.5 Å². The van der Waals surface area contributed by atoms with Gasteiger partial charge in [-0.2, -0.15) is 5.10 Å². The van der Waals surface area contributed by atoms with E-state index in [2.05, 4.69) is 15.2 Å². The Morgan fingerprint density at radius 3 is 2.96 bits per heavy atom. The zero-order chi connectivity index (χ0) is 19.5. The molecule has 1 atom stereocenters. The molecule has 1 saturated heterocycles. The lowest BCUT2D eigenvalue weighted by Gasteiger charge is -2.21. The molecular formula is C21H27N5O2. The molecule has 148 valence electrons. The lowest BCUT2D eigenvalue weighted by Crippen LogP contribution is -2.34. The smallest absolute Gasteiger partial charge is 0.228 e. The number of nitrogens with one attached hydrogen (secondary N) is 1. The number of likely N-dealkylation sites (tertiary alicyclic amines) is 1. The van der Waals surface area contributed by atoms with E-state index in [4.69, 9.17) is 0 Å². The molecule has 0 radical (unpaired) electrons. The number of hydrogen-bond donors (Lipinski definition) is 1. The van der Waals surface area contributed by atoms with Gasteiger partial charge in [-0.3, -0.25) is 19.7 Å². The van der Waals surface area contributed by atoms with E-state index in [0.717, 1.165) is 24.2 Å². The van der Waals surface area contributed by atoms with Crippen LogP contribution in [0.3, 0.4) is 0 Å². The molecule has 4 rings (SSSR count). The molecule has 1 fully saturated rings. The fourth-order valence-electron chi connectivity index (χ4n) is 4.25. The normalized spacial score (nSPS) is 19.4. The molecule has 7 nitrogen and oxygen atoms in total. The number of aromatic nitrogens is 3. The SMILES string of the molecule is CN(Cc1n[nH]c2c1CCCCC2)C(=O)[C@H]1CC(=O)N(Cc2ccccn2)C1. The number of aromatic amines is 1. The van der Waals surface area contributed by atoms with Gasteiger partial charge < -0.3 is 9.80 Å². The predicted molar refractivity (Wildman–Crippen MR) is 104 cm³/mol. The van der Waals surface area contributed by atoms with Gasteiger partial charge in [0, 0.05) is 31.9 Å². The van der Waals surface area contributed by atoms with Gasteiger partial charge in [0.05, 0.1) is 30.4 Å².